The molecule has 4 N–H and O–H groups in total. The van der Waals surface area contributed by atoms with Gasteiger partial charge in [0.25, 0.3) is 0 Å². The van der Waals surface area contributed by atoms with Gasteiger partial charge in [-0.05, 0) is 51.4 Å². The molecule has 0 aliphatic carbocycles. The van der Waals surface area contributed by atoms with Crippen LogP contribution < -0.4 is 21.3 Å². The van der Waals surface area contributed by atoms with Crippen molar-refractivity contribution in [2.24, 2.45) is 0 Å². The minimum Gasteiger partial charge on any atom is -0.377 e. The van der Waals surface area contributed by atoms with E-state index in [9.17, 15) is 57.5 Å². The van der Waals surface area contributed by atoms with Crippen molar-refractivity contribution in [3.05, 3.63) is 0 Å². The van der Waals surface area contributed by atoms with Gasteiger partial charge in [0, 0.05) is 491 Å². The van der Waals surface area contributed by atoms with Crippen molar-refractivity contribution < 1.29 is 164 Å². The molecule has 46 nitrogen and oxygen atoms in total. The summed E-state index contributed by atoms with van der Waals surface area (Å²) >= 11 is 0. The summed E-state index contributed by atoms with van der Waals surface area (Å²) in [5, 5.41) is 12.2. The first-order valence-corrected chi connectivity index (χ1v) is 67.1. The van der Waals surface area contributed by atoms with Crippen LogP contribution in [0.25, 0.3) is 0 Å². The second-order valence-corrected chi connectivity index (χ2v) is 60.7. The summed E-state index contributed by atoms with van der Waals surface area (Å²) in [5.74, 6) is -1.40. The zero-order valence-corrected chi connectivity index (χ0v) is 102. The number of nitrogens with one attached hydrogen (secondary N) is 4. The van der Waals surface area contributed by atoms with Crippen molar-refractivity contribution in [2.45, 2.75) is 228 Å². The van der Waals surface area contributed by atoms with E-state index in [0.717, 1.165) is 0 Å². The van der Waals surface area contributed by atoms with E-state index >= 15 is 0 Å². The number of hydrogen-bond acceptors (Lipinski definition) is 42. The average molecular weight is 2260 g/mol. The molecule has 0 saturated carbocycles. The Morgan fingerprint density at radius 1 is 0.142 bits per heavy atom. The zero-order chi connectivity index (χ0) is 111. The summed E-state index contributed by atoms with van der Waals surface area (Å²) in [6.07, 6.45) is 6.87. The van der Waals surface area contributed by atoms with Crippen LogP contribution in [0, 0.1) is 0 Å². The Labute approximate surface area is 892 Å². The highest BCUT2D eigenvalue weighted by molar-refractivity contribution is 6.63. The van der Waals surface area contributed by atoms with Crippen LogP contribution in [0.3, 0.4) is 0 Å². The summed E-state index contributed by atoms with van der Waals surface area (Å²) < 4.78 is 134. The van der Waals surface area contributed by atoms with E-state index in [1.54, 1.807) is 0 Å². The summed E-state index contributed by atoms with van der Waals surface area (Å²) in [6.45, 7) is 5.18. The van der Waals surface area contributed by atoms with Crippen molar-refractivity contribution in [3.8, 4) is 0 Å². The normalized spacial score (nSPS) is 12.7. The fourth-order valence-corrected chi connectivity index (χ4v) is 30.6. The fraction of sp³-hybridized carbons (Fsp3) is 0.872. The van der Waals surface area contributed by atoms with Crippen LogP contribution in [-0.2, 0) is 164 Å². The second-order valence-electron chi connectivity index (χ2n) is 36.0. The van der Waals surface area contributed by atoms with Crippen LogP contribution in [0.4, 0.5) is 0 Å². The maximum absolute atomic E-state index is 14.3. The molecule has 0 spiro atoms. The third-order valence-corrected chi connectivity index (χ3v) is 49.6. The zero-order valence-electron chi connectivity index (χ0n) is 94.4. The van der Waals surface area contributed by atoms with Crippen molar-refractivity contribution in [1.29, 1.82) is 0 Å². The van der Waals surface area contributed by atoms with Gasteiger partial charge in [0.15, 0.2) is 0 Å². The number of Topliss-reactive ketones (excluding diaryl/α,β-unsaturated/α-hetero) is 8. The molecule has 54 heteroatoms. The SMILES string of the molecule is CO[Si](CCCC(=O)CCN(CCNC(=O)CCN(CCC(=O)NCCN(CCC(=O)CCC[Si](OC)(OC)OC)CCC(=O)CCC[Si](OC)(OC)OC)CCN(CCC(=O)NCCN(CCC(=O)CCC[Si](OC)(OC)OC)CCC(=O)CCC[Si](OC)(OC)OC)CCC(=O)NCCN(CCC(=O)CCC[Si](OC)(OC)OC)CCC(=O)CCC[Si](OC)(OC)OC)CCC(=O)CCC[Si](OC)(OC)OC)(OC)OC. The summed E-state index contributed by atoms with van der Waals surface area (Å²) in [4.78, 5) is 177. The highest BCUT2D eigenvalue weighted by atomic mass is 28.4. The van der Waals surface area contributed by atoms with Crippen LogP contribution in [0.2, 0.25) is 48.4 Å². The van der Waals surface area contributed by atoms with E-state index in [-0.39, 0.29) is 290 Å². The molecule has 0 bridgehead atoms. The molecule has 0 radical (unpaired) electrons. The topological polar surface area (TPSA) is 494 Å². The van der Waals surface area contributed by atoms with Gasteiger partial charge in [-0.25, -0.2) is 0 Å². The second kappa shape index (κ2) is 85.0. The van der Waals surface area contributed by atoms with Gasteiger partial charge < -0.3 is 157 Å². The highest BCUT2D eigenvalue weighted by Gasteiger charge is 2.44. The van der Waals surface area contributed by atoms with Crippen LogP contribution in [0.1, 0.15) is 180 Å². The lowest BCUT2D eigenvalue weighted by Gasteiger charge is -2.28. The smallest absolute Gasteiger partial charge is 0.377 e. The molecular weight excluding hydrogens is 2070 g/mol. The van der Waals surface area contributed by atoms with E-state index in [0.29, 0.717) is 152 Å². The van der Waals surface area contributed by atoms with Gasteiger partial charge in [-0.3, -0.25) is 57.5 Å². The van der Waals surface area contributed by atoms with Gasteiger partial charge in [0.1, 0.15) is 46.3 Å². The first-order valence-electron chi connectivity index (χ1n) is 51.7. The fourth-order valence-electron chi connectivity index (χ4n) is 16.8. The summed E-state index contributed by atoms with van der Waals surface area (Å²) in [6, 6.07) is 3.43. The standard InChI is InChI=1S/C94H192N10O36Si8/c1-117-141(118-2,119-3)75-25-33-83(105)41-57-99(58-42-84(106)34-26-76-142(120-4,121-5)122-6)69-53-95-91(113)49-65-103(66-50-92(114)96-54-70-100(59-43-85(107)35-27-77-143(123-7,124-8)125-9)60-44-86(108)36-28-78-144(126-10,127-11)128-12)73-74-104(67-51-93(115)97-55-71-101(61-45-87(109)37-29-79-145(129-13,130-14)131-15)62-46-88(110)38-30-80-146(132-16,133-17)134-18)68-52-94(116)98-56-72-102(63-47-89(111)39-31-81-147(135-19,136-20)137-21)64-48-90(112)40-32-82-148(138-22,139-23)140-24/h25-82H2,1-24H3,(H,95,113)(H,96,114)(H,97,115)(H,98,116). The Kier molecular flexibility index (Phi) is 82.5. The molecule has 0 aliphatic rings. The first-order chi connectivity index (χ1) is 70.9. The van der Waals surface area contributed by atoms with Crippen molar-refractivity contribution in [3.63, 3.8) is 0 Å². The Hall–Kier alpha value is -4.22. The Bertz CT molecular complexity index is 2930. The minimum atomic E-state index is -2.95. The van der Waals surface area contributed by atoms with E-state index < -0.39 is 70.4 Å². The molecule has 0 aromatic carbocycles. The minimum absolute atomic E-state index is 0.0115. The molecule has 0 atom stereocenters. The third kappa shape index (κ3) is 62.1. The predicted octanol–water partition coefficient (Wildman–Crippen LogP) is 5.76. The number of hydrogen-bond donors (Lipinski definition) is 4. The maximum atomic E-state index is 14.3. The molecular formula is C94H192N10O36Si8. The van der Waals surface area contributed by atoms with Gasteiger partial charge in [0.2, 0.25) is 23.6 Å². The van der Waals surface area contributed by atoms with Crippen LogP contribution in [0.5, 0.6) is 0 Å². The largest absolute Gasteiger partial charge is 0.500 e. The number of carbonyl (C=O) groups is 12. The van der Waals surface area contributed by atoms with Gasteiger partial charge in [0.05, 0.1) is 0 Å². The molecule has 0 saturated heterocycles. The average Bonchev–Trinajstić information content (AvgIpc) is 0.910. The molecule has 0 aromatic rings. The lowest BCUT2D eigenvalue weighted by atomic mass is 10.1. The van der Waals surface area contributed by atoms with Gasteiger partial charge >= 0.3 is 70.4 Å². The molecule has 0 fully saturated rings. The van der Waals surface area contributed by atoms with Gasteiger partial charge in [-0.1, -0.05) is 0 Å². The number of rotatable bonds is 107. The predicted molar refractivity (Wildman–Crippen MR) is 573 cm³/mol. The van der Waals surface area contributed by atoms with Crippen LogP contribution in [0.15, 0.2) is 0 Å². The van der Waals surface area contributed by atoms with Crippen molar-refractivity contribution >= 4 is 140 Å². The Morgan fingerprint density at radius 3 is 0.351 bits per heavy atom. The lowest BCUT2D eigenvalue weighted by molar-refractivity contribution is -0.123. The quantitative estimate of drug-likeness (QED) is 0.0525. The van der Waals surface area contributed by atoms with E-state index in [1.807, 2.05) is 29.4 Å². The van der Waals surface area contributed by atoms with Crippen LogP contribution >= 0.6 is 0 Å². The van der Waals surface area contributed by atoms with E-state index in [4.69, 9.17) is 106 Å². The highest BCUT2D eigenvalue weighted by Crippen LogP contribution is 2.26. The monoisotopic (exact) mass is 2260 g/mol. The Balaban J connectivity index is 7.98. The van der Waals surface area contributed by atoms with Gasteiger partial charge in [-0.2, -0.15) is 0 Å². The number of nitrogens with zero attached hydrogens (tertiary/aromatic N) is 6. The molecule has 0 heterocycles. The molecule has 866 valence electrons. The first kappa shape index (κ1) is 144. The molecule has 148 heavy (non-hydrogen) atoms. The molecule has 0 rings (SSSR count). The molecule has 0 aromatic heterocycles. The van der Waals surface area contributed by atoms with Crippen molar-refractivity contribution in [1.82, 2.24) is 50.7 Å². The molecule has 0 aliphatic heterocycles. The summed E-state index contributed by atoms with van der Waals surface area (Å²) in [7, 11) is 12.8. The molecule has 4 amide bonds. The number of carbonyl (C=O) groups excluding carboxylic acids is 12. The number of ketones is 8. The maximum Gasteiger partial charge on any atom is 0.500 e. The van der Waals surface area contributed by atoms with Crippen molar-refractivity contribution in [2.75, 3.05) is 315 Å². The van der Waals surface area contributed by atoms with Crippen LogP contribution in [-0.4, -0.2) is 484 Å². The summed E-state index contributed by atoms with van der Waals surface area (Å²) in [5.41, 5.74) is 0. The lowest BCUT2D eigenvalue weighted by Crippen LogP contribution is -2.43. The molecule has 0 unspecified atom stereocenters. The Morgan fingerprint density at radius 2 is 0.243 bits per heavy atom. The van der Waals surface area contributed by atoms with E-state index in [2.05, 4.69) is 21.3 Å². The third-order valence-electron chi connectivity index (χ3n) is 27.0. The van der Waals surface area contributed by atoms with E-state index in [1.165, 1.54) is 171 Å². The number of amides is 4. The van der Waals surface area contributed by atoms with Gasteiger partial charge in [-0.15, -0.1) is 0 Å².